The van der Waals surface area contributed by atoms with E-state index in [1.807, 2.05) is 32.9 Å². The Morgan fingerprint density at radius 3 is 2.37 bits per heavy atom. The molecule has 0 aliphatic heterocycles. The van der Waals surface area contributed by atoms with Crippen LogP contribution >= 0.6 is 11.6 Å². The van der Waals surface area contributed by atoms with Gasteiger partial charge >= 0.3 is 0 Å². The first-order valence-corrected chi connectivity index (χ1v) is 6.89. The first kappa shape index (κ1) is 15.8. The summed E-state index contributed by atoms with van der Waals surface area (Å²) in [5.74, 6) is 0.671. The van der Waals surface area contributed by atoms with Crippen LogP contribution in [-0.2, 0) is 4.79 Å². The molecule has 0 heterocycles. The molecular weight excluding hydrogens is 262 g/mol. The highest BCUT2D eigenvalue weighted by molar-refractivity contribution is 6.32. The van der Waals surface area contributed by atoms with Crippen LogP contribution in [0.1, 0.15) is 31.4 Å². The Hall–Kier alpha value is -1.22. The largest absolute Gasteiger partial charge is 0.484 e. The van der Waals surface area contributed by atoms with Crippen molar-refractivity contribution in [3.8, 4) is 5.75 Å². The summed E-state index contributed by atoms with van der Waals surface area (Å²) >= 11 is 6.09. The van der Waals surface area contributed by atoms with Gasteiger partial charge in [0.25, 0.3) is 5.91 Å². The Balaban J connectivity index is 2.65. The number of hydrogen-bond donors (Lipinski definition) is 0. The van der Waals surface area contributed by atoms with Crippen LogP contribution in [0.5, 0.6) is 5.75 Å². The molecule has 1 unspecified atom stereocenters. The molecule has 0 bridgehead atoms. The third-order valence-corrected chi connectivity index (χ3v) is 4.01. The van der Waals surface area contributed by atoms with E-state index in [9.17, 15) is 4.79 Å². The minimum atomic E-state index is -0.0143. The maximum absolute atomic E-state index is 11.9. The molecule has 0 saturated carbocycles. The Bertz CT molecular complexity index is 436. The number of rotatable bonds is 5. The van der Waals surface area contributed by atoms with Crippen molar-refractivity contribution in [2.75, 3.05) is 13.7 Å². The zero-order valence-corrected chi connectivity index (χ0v) is 13.0. The first-order valence-electron chi connectivity index (χ1n) is 6.52. The third kappa shape index (κ3) is 4.13. The molecule has 0 aliphatic rings. The van der Waals surface area contributed by atoms with E-state index in [-0.39, 0.29) is 18.6 Å². The van der Waals surface area contributed by atoms with E-state index in [2.05, 4.69) is 6.92 Å². The number of ether oxygens (including phenoxy) is 1. The summed E-state index contributed by atoms with van der Waals surface area (Å²) in [6.07, 6.45) is 0.932. The number of halogens is 1. The molecule has 3 nitrogen and oxygen atoms in total. The Morgan fingerprint density at radius 2 is 1.89 bits per heavy atom. The fraction of sp³-hybridized carbons (Fsp3) is 0.533. The highest BCUT2D eigenvalue weighted by Gasteiger charge is 2.15. The van der Waals surface area contributed by atoms with Crippen LogP contribution in [-0.4, -0.2) is 30.5 Å². The second-order valence-electron chi connectivity index (χ2n) is 4.92. The fourth-order valence-corrected chi connectivity index (χ4v) is 1.87. The van der Waals surface area contributed by atoms with Gasteiger partial charge < -0.3 is 9.64 Å². The summed E-state index contributed by atoms with van der Waals surface area (Å²) in [6, 6.07) is 3.93. The van der Waals surface area contributed by atoms with Crippen molar-refractivity contribution in [3.63, 3.8) is 0 Å². The summed E-state index contributed by atoms with van der Waals surface area (Å²) in [5, 5.41) is 0.746. The van der Waals surface area contributed by atoms with Gasteiger partial charge in [-0.15, -0.1) is 0 Å². The maximum atomic E-state index is 11.9. The number of benzene rings is 1. The monoisotopic (exact) mass is 283 g/mol. The second-order valence-corrected chi connectivity index (χ2v) is 5.30. The van der Waals surface area contributed by atoms with Crippen molar-refractivity contribution in [1.29, 1.82) is 0 Å². The van der Waals surface area contributed by atoms with Crippen LogP contribution in [0, 0.1) is 13.8 Å². The zero-order chi connectivity index (χ0) is 14.6. The van der Waals surface area contributed by atoms with E-state index in [4.69, 9.17) is 16.3 Å². The summed E-state index contributed by atoms with van der Waals surface area (Å²) in [7, 11) is 1.80. The predicted octanol–water partition coefficient (Wildman–Crippen LogP) is 3.59. The van der Waals surface area contributed by atoms with Crippen molar-refractivity contribution < 1.29 is 9.53 Å². The summed E-state index contributed by atoms with van der Waals surface area (Å²) in [5.41, 5.74) is 1.92. The lowest BCUT2D eigenvalue weighted by Crippen LogP contribution is -2.37. The minimum Gasteiger partial charge on any atom is -0.484 e. The predicted molar refractivity (Wildman–Crippen MR) is 78.9 cm³/mol. The third-order valence-electron chi connectivity index (χ3n) is 3.42. The number of hydrogen-bond acceptors (Lipinski definition) is 2. The highest BCUT2D eigenvalue weighted by Crippen LogP contribution is 2.25. The second kappa shape index (κ2) is 6.80. The van der Waals surface area contributed by atoms with Gasteiger partial charge in [0, 0.05) is 18.1 Å². The Kier molecular flexibility index (Phi) is 5.67. The van der Waals surface area contributed by atoms with E-state index >= 15 is 0 Å². The van der Waals surface area contributed by atoms with Gasteiger partial charge in [-0.1, -0.05) is 18.5 Å². The molecule has 0 spiro atoms. The van der Waals surface area contributed by atoms with E-state index < -0.39 is 0 Å². The average molecular weight is 284 g/mol. The molecule has 4 heteroatoms. The molecule has 0 radical (unpaired) electrons. The van der Waals surface area contributed by atoms with Gasteiger partial charge in [0.05, 0.1) is 0 Å². The SMILES string of the molecule is CCC(C)N(C)C(=O)COc1cc(C)c(Cl)c(C)c1. The number of nitrogens with zero attached hydrogens (tertiary/aromatic N) is 1. The molecule has 1 amide bonds. The van der Waals surface area contributed by atoms with E-state index in [0.29, 0.717) is 5.75 Å². The standard InChI is InChI=1S/C15H22ClNO2/c1-6-12(4)17(5)14(18)9-19-13-7-10(2)15(16)11(3)8-13/h7-8,12H,6,9H2,1-5H3. The lowest BCUT2D eigenvalue weighted by atomic mass is 10.1. The molecule has 0 N–H and O–H groups in total. The highest BCUT2D eigenvalue weighted by atomic mass is 35.5. The molecule has 0 aromatic heterocycles. The number of aryl methyl sites for hydroxylation is 2. The van der Waals surface area contributed by atoms with Gasteiger partial charge in [-0.3, -0.25) is 4.79 Å². The number of carbonyl (C=O) groups excluding carboxylic acids is 1. The Morgan fingerprint density at radius 1 is 1.37 bits per heavy atom. The van der Waals surface area contributed by atoms with Crippen LogP contribution in [0.4, 0.5) is 0 Å². The molecule has 106 valence electrons. The van der Waals surface area contributed by atoms with Crippen LogP contribution in [0.2, 0.25) is 5.02 Å². The molecule has 0 fully saturated rings. The van der Waals surface area contributed by atoms with Gasteiger partial charge in [-0.05, 0) is 50.5 Å². The summed E-state index contributed by atoms with van der Waals surface area (Å²) in [6.45, 7) is 7.99. The van der Waals surface area contributed by atoms with Crippen molar-refractivity contribution in [3.05, 3.63) is 28.3 Å². The molecule has 19 heavy (non-hydrogen) atoms. The van der Waals surface area contributed by atoms with Gasteiger partial charge in [0.2, 0.25) is 0 Å². The van der Waals surface area contributed by atoms with E-state index in [0.717, 1.165) is 22.6 Å². The van der Waals surface area contributed by atoms with Crippen LogP contribution in [0.25, 0.3) is 0 Å². The zero-order valence-electron chi connectivity index (χ0n) is 12.3. The van der Waals surface area contributed by atoms with Crippen LogP contribution < -0.4 is 4.74 Å². The molecule has 1 aromatic carbocycles. The van der Waals surface area contributed by atoms with Crippen LogP contribution in [0.3, 0.4) is 0 Å². The summed E-state index contributed by atoms with van der Waals surface area (Å²) < 4.78 is 5.55. The normalized spacial score (nSPS) is 12.1. The van der Waals surface area contributed by atoms with E-state index in [1.165, 1.54) is 0 Å². The van der Waals surface area contributed by atoms with Gasteiger partial charge in [-0.25, -0.2) is 0 Å². The Labute approximate surface area is 120 Å². The molecule has 1 aromatic rings. The molecule has 1 rings (SSSR count). The number of carbonyl (C=O) groups is 1. The molecule has 0 aliphatic carbocycles. The first-order chi connectivity index (χ1) is 8.86. The van der Waals surface area contributed by atoms with Crippen molar-refractivity contribution in [1.82, 2.24) is 4.90 Å². The minimum absolute atomic E-state index is 0.0143. The fourth-order valence-electron chi connectivity index (χ4n) is 1.76. The van der Waals surface area contributed by atoms with Crippen molar-refractivity contribution >= 4 is 17.5 Å². The molecular formula is C15H22ClNO2. The van der Waals surface area contributed by atoms with Crippen molar-refractivity contribution in [2.24, 2.45) is 0 Å². The molecule has 0 saturated heterocycles. The number of amides is 1. The van der Waals surface area contributed by atoms with Crippen molar-refractivity contribution in [2.45, 2.75) is 40.2 Å². The quantitative estimate of drug-likeness (QED) is 0.826. The van der Waals surface area contributed by atoms with Gasteiger partial charge in [-0.2, -0.15) is 0 Å². The number of likely N-dealkylation sites (N-methyl/N-ethyl adjacent to an activating group) is 1. The summed E-state index contributed by atoms with van der Waals surface area (Å²) in [4.78, 5) is 13.6. The van der Waals surface area contributed by atoms with Gasteiger partial charge in [0.1, 0.15) is 5.75 Å². The van der Waals surface area contributed by atoms with E-state index in [1.54, 1.807) is 11.9 Å². The average Bonchev–Trinajstić information content (AvgIpc) is 2.40. The van der Waals surface area contributed by atoms with Crippen LogP contribution in [0.15, 0.2) is 12.1 Å². The smallest absolute Gasteiger partial charge is 0.260 e. The lowest BCUT2D eigenvalue weighted by Gasteiger charge is -2.23. The van der Waals surface area contributed by atoms with Gasteiger partial charge in [0.15, 0.2) is 6.61 Å². The lowest BCUT2D eigenvalue weighted by molar-refractivity contribution is -0.133. The molecule has 1 atom stereocenters. The topological polar surface area (TPSA) is 29.5 Å². The maximum Gasteiger partial charge on any atom is 0.260 e.